The van der Waals surface area contributed by atoms with Gasteiger partial charge >= 0.3 is 0 Å². The quantitative estimate of drug-likeness (QED) is 0.915. The summed E-state index contributed by atoms with van der Waals surface area (Å²) in [6.07, 6.45) is 3.98. The summed E-state index contributed by atoms with van der Waals surface area (Å²) in [7, 11) is 0. The number of pyridine rings is 1. The Bertz CT molecular complexity index is 741. The molecule has 0 bridgehead atoms. The van der Waals surface area contributed by atoms with E-state index in [1.54, 1.807) is 6.20 Å². The molecule has 1 amide bonds. The highest BCUT2D eigenvalue weighted by molar-refractivity contribution is 5.93. The summed E-state index contributed by atoms with van der Waals surface area (Å²) in [5.41, 5.74) is 4.94. The minimum absolute atomic E-state index is 0.0327. The van der Waals surface area contributed by atoms with Gasteiger partial charge in [-0.25, -0.2) is 0 Å². The van der Waals surface area contributed by atoms with Gasteiger partial charge in [0.2, 0.25) is 0 Å². The second-order valence-corrected chi connectivity index (χ2v) is 6.85. The van der Waals surface area contributed by atoms with E-state index in [2.05, 4.69) is 49.3 Å². The molecule has 1 saturated heterocycles. The Labute approximate surface area is 143 Å². The second-order valence-electron chi connectivity index (χ2n) is 6.85. The summed E-state index contributed by atoms with van der Waals surface area (Å²) in [6, 6.07) is 10.0. The highest BCUT2D eigenvalue weighted by Gasteiger charge is 2.22. The smallest absolute Gasteiger partial charge is 0.272 e. The second kappa shape index (κ2) is 7.04. The largest absolute Gasteiger partial charge is 0.355 e. The zero-order chi connectivity index (χ0) is 17.1. The fourth-order valence-corrected chi connectivity index (χ4v) is 3.15. The van der Waals surface area contributed by atoms with Gasteiger partial charge in [0.15, 0.2) is 0 Å². The van der Waals surface area contributed by atoms with Crippen LogP contribution in [0, 0.1) is 19.8 Å². The number of carbonyl (C=O) groups excluding carboxylic acids is 1. The van der Waals surface area contributed by atoms with E-state index in [-0.39, 0.29) is 5.91 Å². The first-order chi connectivity index (χ1) is 11.5. The number of aryl methyl sites for hydroxylation is 2. The average molecular weight is 323 g/mol. The molecule has 1 aromatic heterocycles. The van der Waals surface area contributed by atoms with Crippen LogP contribution < -0.4 is 5.32 Å². The third-order valence-electron chi connectivity index (χ3n) is 4.72. The van der Waals surface area contributed by atoms with Gasteiger partial charge < -0.3 is 10.2 Å². The maximum atomic E-state index is 12.7. The Morgan fingerprint density at radius 1 is 1.17 bits per heavy atom. The number of nitrogens with zero attached hydrogens (tertiary/aromatic N) is 2. The summed E-state index contributed by atoms with van der Waals surface area (Å²) >= 11 is 0. The van der Waals surface area contributed by atoms with Crippen LogP contribution in [0.3, 0.4) is 0 Å². The van der Waals surface area contributed by atoms with Gasteiger partial charge in [-0.05, 0) is 68.0 Å². The molecule has 1 atom stereocenters. The van der Waals surface area contributed by atoms with Gasteiger partial charge in [0.1, 0.15) is 5.69 Å². The lowest BCUT2D eigenvalue weighted by atomic mass is 10.00. The van der Waals surface area contributed by atoms with Crippen molar-refractivity contribution >= 4 is 17.3 Å². The van der Waals surface area contributed by atoms with Crippen LogP contribution in [-0.4, -0.2) is 28.9 Å². The summed E-state index contributed by atoms with van der Waals surface area (Å²) in [6.45, 7) is 8.06. The van der Waals surface area contributed by atoms with Gasteiger partial charge in [-0.15, -0.1) is 0 Å². The van der Waals surface area contributed by atoms with Crippen molar-refractivity contribution in [1.82, 2.24) is 9.88 Å². The van der Waals surface area contributed by atoms with E-state index in [4.69, 9.17) is 0 Å². The normalized spacial score (nSPS) is 17.6. The van der Waals surface area contributed by atoms with Crippen LogP contribution in [0.2, 0.25) is 0 Å². The van der Waals surface area contributed by atoms with E-state index >= 15 is 0 Å². The molecule has 1 fully saturated rings. The van der Waals surface area contributed by atoms with E-state index in [1.807, 2.05) is 17.0 Å². The number of likely N-dealkylation sites (tertiary alicyclic amines) is 1. The minimum Gasteiger partial charge on any atom is -0.355 e. The third-order valence-corrected chi connectivity index (χ3v) is 4.72. The number of anilines is 2. The van der Waals surface area contributed by atoms with Gasteiger partial charge in [-0.1, -0.05) is 13.0 Å². The van der Waals surface area contributed by atoms with E-state index in [0.717, 1.165) is 30.9 Å². The van der Waals surface area contributed by atoms with Gasteiger partial charge in [0.25, 0.3) is 5.91 Å². The summed E-state index contributed by atoms with van der Waals surface area (Å²) < 4.78 is 0. The van der Waals surface area contributed by atoms with Gasteiger partial charge in [0, 0.05) is 30.7 Å². The lowest BCUT2D eigenvalue weighted by Gasteiger charge is -2.30. The number of amides is 1. The van der Waals surface area contributed by atoms with Crippen molar-refractivity contribution in [3.8, 4) is 0 Å². The Hall–Kier alpha value is -2.36. The van der Waals surface area contributed by atoms with Crippen LogP contribution in [0.15, 0.2) is 36.5 Å². The fourth-order valence-electron chi connectivity index (χ4n) is 3.15. The van der Waals surface area contributed by atoms with Crippen molar-refractivity contribution in [2.24, 2.45) is 5.92 Å². The monoisotopic (exact) mass is 323 g/mol. The lowest BCUT2D eigenvalue weighted by molar-refractivity contribution is 0.0677. The summed E-state index contributed by atoms with van der Waals surface area (Å²) in [5, 5.41) is 3.37. The highest BCUT2D eigenvalue weighted by Crippen LogP contribution is 2.21. The Morgan fingerprint density at radius 3 is 2.71 bits per heavy atom. The molecule has 4 heteroatoms. The zero-order valence-corrected chi connectivity index (χ0v) is 14.7. The van der Waals surface area contributed by atoms with Crippen molar-refractivity contribution in [2.45, 2.75) is 33.6 Å². The van der Waals surface area contributed by atoms with Gasteiger partial charge in [-0.2, -0.15) is 0 Å². The van der Waals surface area contributed by atoms with Crippen LogP contribution in [0.5, 0.6) is 0 Å². The number of hydrogen-bond acceptors (Lipinski definition) is 3. The molecule has 1 aromatic carbocycles. The third kappa shape index (κ3) is 3.75. The van der Waals surface area contributed by atoms with Gasteiger partial charge in [0.05, 0.1) is 0 Å². The highest BCUT2D eigenvalue weighted by atomic mass is 16.2. The van der Waals surface area contributed by atoms with Crippen LogP contribution in [0.4, 0.5) is 11.4 Å². The molecule has 3 rings (SSSR count). The summed E-state index contributed by atoms with van der Waals surface area (Å²) in [4.78, 5) is 18.9. The molecule has 4 nitrogen and oxygen atoms in total. The van der Waals surface area contributed by atoms with Crippen LogP contribution >= 0.6 is 0 Å². The van der Waals surface area contributed by atoms with Crippen molar-refractivity contribution in [2.75, 3.05) is 18.4 Å². The fraction of sp³-hybridized carbons (Fsp3) is 0.400. The minimum atomic E-state index is 0.0327. The maximum absolute atomic E-state index is 12.7. The molecule has 2 heterocycles. The maximum Gasteiger partial charge on any atom is 0.272 e. The number of carbonyl (C=O) groups is 1. The average Bonchev–Trinajstić information content (AvgIpc) is 2.58. The van der Waals surface area contributed by atoms with E-state index in [9.17, 15) is 4.79 Å². The topological polar surface area (TPSA) is 45.2 Å². The molecule has 0 radical (unpaired) electrons. The van der Waals surface area contributed by atoms with Crippen molar-refractivity contribution < 1.29 is 4.79 Å². The Morgan fingerprint density at radius 2 is 1.96 bits per heavy atom. The summed E-state index contributed by atoms with van der Waals surface area (Å²) in [5.74, 6) is 0.602. The van der Waals surface area contributed by atoms with Crippen molar-refractivity contribution in [3.63, 3.8) is 0 Å². The van der Waals surface area contributed by atoms with Crippen LogP contribution in [-0.2, 0) is 0 Å². The number of hydrogen-bond donors (Lipinski definition) is 1. The zero-order valence-electron chi connectivity index (χ0n) is 14.7. The first-order valence-electron chi connectivity index (χ1n) is 8.62. The Balaban J connectivity index is 1.76. The molecule has 0 aliphatic carbocycles. The van der Waals surface area contributed by atoms with Crippen LogP contribution in [0.1, 0.15) is 41.4 Å². The molecular formula is C20H25N3O. The van der Waals surface area contributed by atoms with Crippen LogP contribution in [0.25, 0.3) is 0 Å². The molecule has 1 N–H and O–H groups in total. The first kappa shape index (κ1) is 16.5. The molecular weight excluding hydrogens is 298 g/mol. The number of aromatic nitrogens is 1. The molecule has 0 spiro atoms. The van der Waals surface area contributed by atoms with Gasteiger partial charge in [-0.3, -0.25) is 9.78 Å². The number of nitrogens with one attached hydrogen (secondary N) is 1. The molecule has 1 aliphatic rings. The first-order valence-corrected chi connectivity index (χ1v) is 8.62. The lowest BCUT2D eigenvalue weighted by Crippen LogP contribution is -2.39. The molecule has 1 unspecified atom stereocenters. The molecule has 2 aromatic rings. The number of piperidine rings is 1. The van der Waals surface area contributed by atoms with Crippen molar-refractivity contribution in [1.29, 1.82) is 0 Å². The van der Waals surface area contributed by atoms with E-state index in [0.29, 0.717) is 11.6 Å². The predicted octanol–water partition coefficient (Wildman–Crippen LogP) is 4.31. The number of rotatable bonds is 3. The molecule has 0 saturated carbocycles. The van der Waals surface area contributed by atoms with E-state index < -0.39 is 0 Å². The van der Waals surface area contributed by atoms with Crippen molar-refractivity contribution in [3.05, 3.63) is 53.3 Å². The SMILES string of the molecule is Cc1ccc(Nc2ccnc(C(=O)N3CCCC(C)C3)c2)cc1C. The Kier molecular flexibility index (Phi) is 4.84. The number of benzene rings is 1. The molecule has 24 heavy (non-hydrogen) atoms. The standard InChI is InChI=1S/C20H25N3O/c1-14-5-4-10-23(13-14)20(24)19-12-18(8-9-21-19)22-17-7-6-15(2)16(3)11-17/h6-9,11-12,14H,4-5,10,13H2,1-3H3,(H,21,22). The molecule has 126 valence electrons. The predicted molar refractivity (Wildman–Crippen MR) is 97.7 cm³/mol. The van der Waals surface area contributed by atoms with E-state index in [1.165, 1.54) is 17.5 Å². The molecule has 1 aliphatic heterocycles.